The van der Waals surface area contributed by atoms with Gasteiger partial charge in [-0.1, -0.05) is 12.1 Å². The number of unbranched alkanes of at least 4 members (excludes halogenated alkanes) is 1. The normalized spacial score (nSPS) is 13.8. The SMILES string of the molecule is NCCCCC(=O)NCc1cccc(NC(=O)C2CC2)c1. The summed E-state index contributed by atoms with van der Waals surface area (Å²) in [6.07, 6.45) is 4.18. The molecule has 5 nitrogen and oxygen atoms in total. The van der Waals surface area contributed by atoms with Gasteiger partial charge in [-0.15, -0.1) is 0 Å². The maximum Gasteiger partial charge on any atom is 0.227 e. The van der Waals surface area contributed by atoms with Gasteiger partial charge in [-0.3, -0.25) is 9.59 Å². The third kappa shape index (κ3) is 5.55. The number of carbonyl (C=O) groups excluding carboxylic acids is 2. The third-order valence-electron chi connectivity index (χ3n) is 3.49. The van der Waals surface area contributed by atoms with E-state index in [0.29, 0.717) is 19.5 Å². The predicted octanol–water partition coefficient (Wildman–Crippen LogP) is 1.78. The lowest BCUT2D eigenvalue weighted by atomic mass is 10.2. The van der Waals surface area contributed by atoms with Crippen molar-refractivity contribution in [3.05, 3.63) is 29.8 Å². The van der Waals surface area contributed by atoms with Crippen LogP contribution in [0.2, 0.25) is 0 Å². The van der Waals surface area contributed by atoms with Crippen molar-refractivity contribution >= 4 is 17.5 Å². The van der Waals surface area contributed by atoms with Crippen LogP contribution in [0.5, 0.6) is 0 Å². The number of anilines is 1. The molecule has 1 saturated carbocycles. The average Bonchev–Trinajstić information content (AvgIpc) is 3.30. The molecule has 0 radical (unpaired) electrons. The van der Waals surface area contributed by atoms with Crippen molar-refractivity contribution < 1.29 is 9.59 Å². The quantitative estimate of drug-likeness (QED) is 0.638. The number of benzene rings is 1. The van der Waals surface area contributed by atoms with Crippen molar-refractivity contribution in [3.63, 3.8) is 0 Å². The minimum atomic E-state index is 0.0378. The first-order chi connectivity index (χ1) is 10.2. The summed E-state index contributed by atoms with van der Waals surface area (Å²) in [6.45, 7) is 1.10. The lowest BCUT2D eigenvalue weighted by Gasteiger charge is -2.08. The summed E-state index contributed by atoms with van der Waals surface area (Å²) in [5, 5.41) is 5.79. The molecule has 5 heteroatoms. The van der Waals surface area contributed by atoms with Crippen LogP contribution in [0.15, 0.2) is 24.3 Å². The second-order valence-corrected chi connectivity index (χ2v) is 5.49. The van der Waals surface area contributed by atoms with E-state index in [1.807, 2.05) is 24.3 Å². The molecule has 1 aliphatic rings. The van der Waals surface area contributed by atoms with Gasteiger partial charge < -0.3 is 16.4 Å². The molecular weight excluding hydrogens is 266 g/mol. The number of nitrogens with one attached hydrogen (secondary N) is 2. The van der Waals surface area contributed by atoms with Gasteiger partial charge in [0.2, 0.25) is 11.8 Å². The Bertz CT molecular complexity index is 498. The minimum absolute atomic E-state index is 0.0378. The number of hydrogen-bond acceptors (Lipinski definition) is 3. The Morgan fingerprint density at radius 1 is 1.24 bits per heavy atom. The standard InChI is InChI=1S/C16H23N3O2/c17-9-2-1-6-15(20)18-11-12-4-3-5-14(10-12)19-16(21)13-7-8-13/h3-5,10,13H,1-2,6-9,11,17H2,(H,18,20)(H,19,21). The predicted molar refractivity (Wildman–Crippen MR) is 82.5 cm³/mol. The number of carbonyl (C=O) groups is 2. The highest BCUT2D eigenvalue weighted by atomic mass is 16.2. The van der Waals surface area contributed by atoms with Crippen LogP contribution in [0.25, 0.3) is 0 Å². The molecule has 1 aromatic carbocycles. The smallest absolute Gasteiger partial charge is 0.227 e. The molecule has 2 amide bonds. The Hall–Kier alpha value is -1.88. The number of rotatable bonds is 8. The monoisotopic (exact) mass is 289 g/mol. The van der Waals surface area contributed by atoms with E-state index in [2.05, 4.69) is 10.6 Å². The molecular formula is C16H23N3O2. The first kappa shape index (κ1) is 15.5. The van der Waals surface area contributed by atoms with E-state index >= 15 is 0 Å². The van der Waals surface area contributed by atoms with Crippen LogP contribution >= 0.6 is 0 Å². The van der Waals surface area contributed by atoms with Gasteiger partial charge in [0.05, 0.1) is 0 Å². The Balaban J connectivity index is 1.77. The van der Waals surface area contributed by atoms with Gasteiger partial charge in [-0.05, 0) is 49.9 Å². The second-order valence-electron chi connectivity index (χ2n) is 5.49. The Kier molecular flexibility index (Phi) is 5.75. The zero-order valence-corrected chi connectivity index (χ0v) is 12.2. The van der Waals surface area contributed by atoms with Crippen LogP contribution in [0.1, 0.15) is 37.7 Å². The second kappa shape index (κ2) is 7.78. The molecule has 21 heavy (non-hydrogen) atoms. The summed E-state index contributed by atoms with van der Waals surface area (Å²) in [7, 11) is 0. The van der Waals surface area contributed by atoms with Crippen LogP contribution < -0.4 is 16.4 Å². The van der Waals surface area contributed by atoms with Gasteiger partial charge in [0.15, 0.2) is 0 Å². The number of amides is 2. The third-order valence-corrected chi connectivity index (χ3v) is 3.49. The molecule has 0 bridgehead atoms. The topological polar surface area (TPSA) is 84.2 Å². The summed E-state index contributed by atoms with van der Waals surface area (Å²) in [5.74, 6) is 0.324. The van der Waals surface area contributed by atoms with Crippen LogP contribution in [-0.4, -0.2) is 18.4 Å². The van der Waals surface area contributed by atoms with Crippen LogP contribution in [0.3, 0.4) is 0 Å². The van der Waals surface area contributed by atoms with Gasteiger partial charge in [0.1, 0.15) is 0 Å². The number of hydrogen-bond donors (Lipinski definition) is 3. The molecule has 0 saturated heterocycles. The molecule has 0 spiro atoms. The molecule has 4 N–H and O–H groups in total. The summed E-state index contributed by atoms with van der Waals surface area (Å²) in [5.41, 5.74) is 7.17. The first-order valence-electron chi connectivity index (χ1n) is 7.55. The molecule has 1 aliphatic carbocycles. The minimum Gasteiger partial charge on any atom is -0.352 e. The van der Waals surface area contributed by atoms with E-state index in [1.165, 1.54) is 0 Å². The van der Waals surface area contributed by atoms with Crippen molar-refractivity contribution in [2.45, 2.75) is 38.6 Å². The summed E-state index contributed by atoms with van der Waals surface area (Å²) >= 11 is 0. The van der Waals surface area contributed by atoms with E-state index in [1.54, 1.807) is 0 Å². The summed E-state index contributed by atoms with van der Waals surface area (Å²) < 4.78 is 0. The molecule has 0 unspecified atom stereocenters. The highest BCUT2D eigenvalue weighted by Crippen LogP contribution is 2.30. The molecule has 0 aromatic heterocycles. The zero-order chi connectivity index (χ0) is 15.1. The Labute approximate surface area is 125 Å². The Morgan fingerprint density at radius 2 is 2.05 bits per heavy atom. The first-order valence-corrected chi connectivity index (χ1v) is 7.55. The van der Waals surface area contributed by atoms with Gasteiger partial charge >= 0.3 is 0 Å². The average molecular weight is 289 g/mol. The van der Waals surface area contributed by atoms with Crippen LogP contribution in [0.4, 0.5) is 5.69 Å². The molecule has 1 aromatic rings. The van der Waals surface area contributed by atoms with E-state index in [0.717, 1.165) is 36.9 Å². The van der Waals surface area contributed by atoms with Crippen molar-refractivity contribution in [2.24, 2.45) is 11.7 Å². The van der Waals surface area contributed by atoms with Crippen LogP contribution in [0, 0.1) is 5.92 Å². The van der Waals surface area contributed by atoms with Gasteiger partial charge in [-0.2, -0.15) is 0 Å². The molecule has 0 heterocycles. The van der Waals surface area contributed by atoms with Gasteiger partial charge in [-0.25, -0.2) is 0 Å². The van der Waals surface area contributed by atoms with Crippen molar-refractivity contribution in [1.82, 2.24) is 5.32 Å². The maximum atomic E-state index is 11.7. The van der Waals surface area contributed by atoms with E-state index in [4.69, 9.17) is 5.73 Å². The molecule has 1 fully saturated rings. The molecule has 0 atom stereocenters. The lowest BCUT2D eigenvalue weighted by molar-refractivity contribution is -0.121. The Morgan fingerprint density at radius 3 is 2.76 bits per heavy atom. The molecule has 2 rings (SSSR count). The fraction of sp³-hybridized carbons (Fsp3) is 0.500. The zero-order valence-electron chi connectivity index (χ0n) is 12.2. The fourth-order valence-electron chi connectivity index (χ4n) is 2.07. The van der Waals surface area contributed by atoms with E-state index in [-0.39, 0.29) is 17.7 Å². The fourth-order valence-corrected chi connectivity index (χ4v) is 2.07. The highest BCUT2D eigenvalue weighted by molar-refractivity contribution is 5.94. The van der Waals surface area contributed by atoms with Gasteiger partial charge in [0.25, 0.3) is 0 Å². The summed E-state index contributed by atoms with van der Waals surface area (Å²) in [4.78, 5) is 23.3. The van der Waals surface area contributed by atoms with E-state index < -0.39 is 0 Å². The van der Waals surface area contributed by atoms with Crippen molar-refractivity contribution in [3.8, 4) is 0 Å². The number of nitrogens with two attached hydrogens (primary N) is 1. The van der Waals surface area contributed by atoms with E-state index in [9.17, 15) is 9.59 Å². The van der Waals surface area contributed by atoms with Crippen molar-refractivity contribution in [1.29, 1.82) is 0 Å². The summed E-state index contributed by atoms with van der Waals surface area (Å²) in [6, 6.07) is 7.60. The maximum absolute atomic E-state index is 11.7. The molecule has 0 aliphatic heterocycles. The largest absolute Gasteiger partial charge is 0.352 e. The highest BCUT2D eigenvalue weighted by Gasteiger charge is 2.29. The van der Waals surface area contributed by atoms with Crippen LogP contribution in [-0.2, 0) is 16.1 Å². The van der Waals surface area contributed by atoms with Crippen molar-refractivity contribution in [2.75, 3.05) is 11.9 Å². The lowest BCUT2D eigenvalue weighted by Crippen LogP contribution is -2.22. The molecule has 114 valence electrons. The van der Waals surface area contributed by atoms with Gasteiger partial charge in [0, 0.05) is 24.6 Å².